The van der Waals surface area contributed by atoms with Gasteiger partial charge in [0.2, 0.25) is 5.91 Å². The number of fused-ring (bicyclic) bond motifs is 1. The summed E-state index contributed by atoms with van der Waals surface area (Å²) in [6.45, 7) is 1.89. The van der Waals surface area contributed by atoms with Gasteiger partial charge < -0.3 is 9.47 Å². The van der Waals surface area contributed by atoms with E-state index in [1.165, 1.54) is 0 Å². The minimum absolute atomic E-state index is 0.0418. The first-order valence-corrected chi connectivity index (χ1v) is 7.72. The van der Waals surface area contributed by atoms with Crippen molar-refractivity contribution in [2.45, 2.75) is 19.4 Å². The largest absolute Gasteiger partial charge is 0.347 e. The van der Waals surface area contributed by atoms with E-state index < -0.39 is 0 Å². The Hall–Kier alpha value is -1.07. The number of likely N-dealkylation sites (N-methyl/N-ethyl adjacent to an activating group) is 1. The first kappa shape index (κ1) is 15.3. The highest BCUT2D eigenvalue weighted by Gasteiger charge is 2.22. The van der Waals surface area contributed by atoms with Crippen molar-refractivity contribution in [3.63, 3.8) is 0 Å². The predicted molar refractivity (Wildman–Crippen MR) is 85.3 cm³/mol. The van der Waals surface area contributed by atoms with Crippen molar-refractivity contribution in [1.29, 1.82) is 0 Å². The summed E-state index contributed by atoms with van der Waals surface area (Å²) >= 11 is 9.32. The number of benzene rings is 1. The number of nitrogens with zero attached hydrogens (tertiary/aromatic N) is 3. The molecule has 1 amide bonds. The number of aryl methyl sites for hydroxylation is 1. The summed E-state index contributed by atoms with van der Waals surface area (Å²) in [4.78, 5) is 18.4. The fourth-order valence-corrected chi connectivity index (χ4v) is 2.81. The number of halogens is 2. The van der Waals surface area contributed by atoms with Gasteiger partial charge in [0.1, 0.15) is 11.9 Å². The van der Waals surface area contributed by atoms with Crippen LogP contribution in [-0.4, -0.2) is 40.3 Å². The van der Waals surface area contributed by atoms with Crippen molar-refractivity contribution >= 4 is 44.5 Å². The van der Waals surface area contributed by atoms with Gasteiger partial charge in [-0.25, -0.2) is 4.98 Å². The van der Waals surface area contributed by atoms with Gasteiger partial charge in [-0.1, -0.05) is 15.9 Å². The molecule has 2 aromatic rings. The molecule has 0 radical (unpaired) electrons. The molecule has 1 aromatic heterocycles. The van der Waals surface area contributed by atoms with Gasteiger partial charge in [0.15, 0.2) is 0 Å². The van der Waals surface area contributed by atoms with Gasteiger partial charge in [-0.05, 0) is 25.1 Å². The van der Waals surface area contributed by atoms with Crippen molar-refractivity contribution in [1.82, 2.24) is 14.5 Å². The average Bonchev–Trinajstić information content (AvgIpc) is 2.74. The number of hydrogen-bond donors (Lipinski definition) is 0. The second-order valence-electron chi connectivity index (χ2n) is 4.88. The molecule has 2 rings (SSSR count). The molecule has 1 heterocycles. The number of amides is 1. The van der Waals surface area contributed by atoms with Crippen LogP contribution >= 0.6 is 27.5 Å². The van der Waals surface area contributed by atoms with E-state index >= 15 is 0 Å². The molecule has 20 heavy (non-hydrogen) atoms. The van der Waals surface area contributed by atoms with E-state index in [-0.39, 0.29) is 11.9 Å². The molecule has 0 bridgehead atoms. The van der Waals surface area contributed by atoms with Crippen molar-refractivity contribution in [2.24, 2.45) is 0 Å². The van der Waals surface area contributed by atoms with E-state index in [0.717, 1.165) is 21.3 Å². The smallest absolute Gasteiger partial charge is 0.244 e. The first-order valence-electron chi connectivity index (χ1n) is 6.39. The molecule has 0 aliphatic heterocycles. The van der Waals surface area contributed by atoms with Gasteiger partial charge in [-0.3, -0.25) is 4.79 Å². The quantitative estimate of drug-likeness (QED) is 0.787. The molecule has 108 valence electrons. The van der Waals surface area contributed by atoms with Crippen LogP contribution in [0.1, 0.15) is 18.8 Å². The second kappa shape index (κ2) is 6.14. The summed E-state index contributed by atoms with van der Waals surface area (Å²) in [6, 6.07) is 5.57. The fraction of sp³-hybridized carbons (Fsp3) is 0.429. The van der Waals surface area contributed by atoms with E-state index in [0.29, 0.717) is 12.3 Å². The lowest BCUT2D eigenvalue weighted by Gasteiger charge is -2.20. The summed E-state index contributed by atoms with van der Waals surface area (Å²) in [5, 5.41) is 0. The van der Waals surface area contributed by atoms with E-state index in [9.17, 15) is 4.79 Å². The maximum atomic E-state index is 12.3. The zero-order chi connectivity index (χ0) is 14.9. The van der Waals surface area contributed by atoms with E-state index in [1.807, 2.05) is 29.7 Å². The van der Waals surface area contributed by atoms with Gasteiger partial charge in [-0.15, -0.1) is 11.6 Å². The number of rotatable bonds is 4. The minimum atomic E-state index is -0.303. The number of carbonyl (C=O) groups excluding carboxylic acids is 1. The summed E-state index contributed by atoms with van der Waals surface area (Å²) in [5.41, 5.74) is 1.83. The number of carbonyl (C=O) groups is 1. The molecule has 0 N–H and O–H groups in total. The number of hydrogen-bond acceptors (Lipinski definition) is 2. The third-order valence-electron chi connectivity index (χ3n) is 3.23. The zero-order valence-electron chi connectivity index (χ0n) is 11.7. The highest BCUT2D eigenvalue weighted by atomic mass is 79.9. The standard InChI is InChI=1S/C14H17BrClN3O/c1-9(14(20)18(2)3)19-12-8-10(15)4-5-11(12)17-13(19)6-7-16/h4-5,8-9H,6-7H2,1-3H3. The summed E-state index contributed by atoms with van der Waals surface area (Å²) in [6.07, 6.45) is 0.638. The van der Waals surface area contributed by atoms with Crippen LogP contribution in [0.4, 0.5) is 0 Å². The zero-order valence-corrected chi connectivity index (χ0v) is 14.1. The molecule has 0 saturated heterocycles. The Morgan fingerprint density at radius 2 is 2.20 bits per heavy atom. The highest BCUT2D eigenvalue weighted by molar-refractivity contribution is 9.10. The third-order valence-corrected chi connectivity index (χ3v) is 3.91. The number of aromatic nitrogens is 2. The molecule has 1 atom stereocenters. The minimum Gasteiger partial charge on any atom is -0.347 e. The maximum absolute atomic E-state index is 12.3. The van der Waals surface area contributed by atoms with Gasteiger partial charge in [0.25, 0.3) is 0 Å². The summed E-state index contributed by atoms with van der Waals surface area (Å²) in [5.74, 6) is 1.36. The van der Waals surface area contributed by atoms with Crippen molar-refractivity contribution < 1.29 is 4.79 Å². The van der Waals surface area contributed by atoms with Crippen molar-refractivity contribution in [3.05, 3.63) is 28.5 Å². The molecule has 1 aromatic carbocycles. The maximum Gasteiger partial charge on any atom is 0.244 e. The summed E-state index contributed by atoms with van der Waals surface area (Å²) in [7, 11) is 3.52. The van der Waals surface area contributed by atoms with Crippen LogP contribution in [0.15, 0.2) is 22.7 Å². The van der Waals surface area contributed by atoms with E-state index in [2.05, 4.69) is 20.9 Å². The second-order valence-corrected chi connectivity index (χ2v) is 6.17. The SMILES string of the molecule is CC(C(=O)N(C)C)n1c(CCCl)nc2ccc(Br)cc21. The van der Waals surface area contributed by atoms with Gasteiger partial charge >= 0.3 is 0 Å². The van der Waals surface area contributed by atoms with Crippen LogP contribution in [0.25, 0.3) is 11.0 Å². The predicted octanol–water partition coefficient (Wildman–Crippen LogP) is 3.23. The topological polar surface area (TPSA) is 38.1 Å². The lowest BCUT2D eigenvalue weighted by molar-refractivity contribution is -0.131. The fourth-order valence-electron chi connectivity index (χ4n) is 2.29. The molecular weight excluding hydrogens is 342 g/mol. The summed E-state index contributed by atoms with van der Waals surface area (Å²) < 4.78 is 2.94. The molecule has 0 fully saturated rings. The molecular formula is C14H17BrClN3O. The highest BCUT2D eigenvalue weighted by Crippen LogP contribution is 2.25. The molecule has 0 spiro atoms. The Balaban J connectivity index is 2.61. The lowest BCUT2D eigenvalue weighted by Crippen LogP contribution is -2.30. The van der Waals surface area contributed by atoms with Crippen LogP contribution in [0.2, 0.25) is 0 Å². The van der Waals surface area contributed by atoms with E-state index in [4.69, 9.17) is 11.6 Å². The molecule has 4 nitrogen and oxygen atoms in total. The molecule has 6 heteroatoms. The Morgan fingerprint density at radius 3 is 2.80 bits per heavy atom. The van der Waals surface area contributed by atoms with Gasteiger partial charge in [-0.2, -0.15) is 0 Å². The van der Waals surface area contributed by atoms with E-state index in [1.54, 1.807) is 19.0 Å². The normalized spacial score (nSPS) is 12.7. The molecule has 0 aliphatic rings. The lowest BCUT2D eigenvalue weighted by atomic mass is 10.2. The molecule has 0 saturated carbocycles. The van der Waals surface area contributed by atoms with Crippen molar-refractivity contribution in [2.75, 3.05) is 20.0 Å². The third kappa shape index (κ3) is 2.83. The Bertz CT molecular complexity index is 639. The number of imidazole rings is 1. The van der Waals surface area contributed by atoms with Crippen LogP contribution in [-0.2, 0) is 11.2 Å². The van der Waals surface area contributed by atoms with Crippen molar-refractivity contribution in [3.8, 4) is 0 Å². The Kier molecular flexibility index (Phi) is 4.70. The monoisotopic (exact) mass is 357 g/mol. The Labute approximate surface area is 131 Å². The number of alkyl halides is 1. The van der Waals surface area contributed by atoms with Crippen LogP contribution in [0.5, 0.6) is 0 Å². The molecule has 0 aliphatic carbocycles. The Morgan fingerprint density at radius 1 is 1.50 bits per heavy atom. The molecule has 1 unspecified atom stereocenters. The first-order chi connectivity index (χ1) is 9.45. The van der Waals surface area contributed by atoms with Crippen LogP contribution < -0.4 is 0 Å². The van der Waals surface area contributed by atoms with Gasteiger partial charge in [0, 0.05) is 30.9 Å². The van der Waals surface area contributed by atoms with Crippen LogP contribution in [0.3, 0.4) is 0 Å². The van der Waals surface area contributed by atoms with Gasteiger partial charge in [0.05, 0.1) is 11.0 Å². The van der Waals surface area contributed by atoms with Crippen LogP contribution in [0, 0.1) is 0 Å². The average molecular weight is 359 g/mol.